The van der Waals surface area contributed by atoms with Gasteiger partial charge in [-0.15, -0.1) is 0 Å². The highest BCUT2D eigenvalue weighted by Crippen LogP contribution is 2.26. The molecule has 2 N–H and O–H groups in total. The molecule has 0 bridgehead atoms. The van der Waals surface area contributed by atoms with Crippen molar-refractivity contribution in [3.8, 4) is 0 Å². The normalized spacial score (nSPS) is 15.9. The molecule has 0 fully saturated rings. The lowest BCUT2D eigenvalue weighted by Crippen LogP contribution is -2.10. The van der Waals surface area contributed by atoms with E-state index >= 15 is 0 Å². The van der Waals surface area contributed by atoms with E-state index in [0.29, 0.717) is 0 Å². The third-order valence-electron chi connectivity index (χ3n) is 3.92. The molecule has 1 heteroatoms. The summed E-state index contributed by atoms with van der Waals surface area (Å²) >= 11 is 0. The quantitative estimate of drug-likeness (QED) is 0.731. The highest BCUT2D eigenvalue weighted by Gasteiger charge is 2.13. The Labute approximate surface area is 105 Å². The topological polar surface area (TPSA) is 26.0 Å². The lowest BCUT2D eigenvalue weighted by atomic mass is 9.97. The van der Waals surface area contributed by atoms with Gasteiger partial charge in [-0.05, 0) is 42.4 Å². The van der Waals surface area contributed by atoms with Crippen LogP contribution < -0.4 is 5.73 Å². The third-order valence-corrected chi connectivity index (χ3v) is 3.92. The van der Waals surface area contributed by atoms with E-state index in [2.05, 4.69) is 25.1 Å². The van der Waals surface area contributed by atoms with Gasteiger partial charge in [-0.2, -0.15) is 0 Å². The second kappa shape index (κ2) is 6.20. The molecule has 0 heterocycles. The van der Waals surface area contributed by atoms with Gasteiger partial charge < -0.3 is 5.73 Å². The van der Waals surface area contributed by atoms with Crippen LogP contribution in [0.1, 0.15) is 68.2 Å². The summed E-state index contributed by atoms with van der Waals surface area (Å²) in [5.74, 6) is 0. The molecule has 17 heavy (non-hydrogen) atoms. The van der Waals surface area contributed by atoms with Crippen molar-refractivity contribution in [3.63, 3.8) is 0 Å². The second-order valence-electron chi connectivity index (χ2n) is 5.34. The van der Waals surface area contributed by atoms with E-state index in [1.165, 1.54) is 50.5 Å². The van der Waals surface area contributed by atoms with Crippen LogP contribution in [0.3, 0.4) is 0 Å². The fraction of sp³-hybridized carbons (Fsp3) is 0.625. The van der Waals surface area contributed by atoms with Crippen molar-refractivity contribution in [1.29, 1.82) is 0 Å². The van der Waals surface area contributed by atoms with Crippen LogP contribution in [0.15, 0.2) is 18.2 Å². The molecule has 0 aliphatic heterocycles. The fourth-order valence-corrected chi connectivity index (χ4v) is 2.78. The molecule has 0 saturated heterocycles. The van der Waals surface area contributed by atoms with Crippen LogP contribution in [0.25, 0.3) is 0 Å². The van der Waals surface area contributed by atoms with Crippen molar-refractivity contribution >= 4 is 0 Å². The minimum atomic E-state index is 0.248. The molecule has 2 rings (SSSR count). The zero-order valence-corrected chi connectivity index (χ0v) is 11.0. The molecule has 1 atom stereocenters. The van der Waals surface area contributed by atoms with E-state index in [-0.39, 0.29) is 6.04 Å². The second-order valence-corrected chi connectivity index (χ2v) is 5.34. The Bertz CT molecular complexity index is 357. The number of benzene rings is 1. The Morgan fingerprint density at radius 2 is 1.94 bits per heavy atom. The van der Waals surface area contributed by atoms with Crippen molar-refractivity contribution in [1.82, 2.24) is 0 Å². The number of unbranched alkanes of at least 4 members (excludes halogenated alkanes) is 3. The highest BCUT2D eigenvalue weighted by atomic mass is 14.6. The first-order valence-corrected chi connectivity index (χ1v) is 7.18. The van der Waals surface area contributed by atoms with Crippen molar-refractivity contribution in [2.45, 2.75) is 64.3 Å². The van der Waals surface area contributed by atoms with Gasteiger partial charge in [-0.1, -0.05) is 50.8 Å². The lowest BCUT2D eigenvalue weighted by molar-refractivity contribution is 0.566. The Balaban J connectivity index is 1.88. The molecule has 1 aromatic rings. The van der Waals surface area contributed by atoms with Crippen molar-refractivity contribution in [2.75, 3.05) is 0 Å². The summed E-state index contributed by atoms with van der Waals surface area (Å²) in [5.41, 5.74) is 10.7. The molecule has 94 valence electrons. The number of rotatable bonds is 6. The summed E-state index contributed by atoms with van der Waals surface area (Å²) < 4.78 is 0. The summed E-state index contributed by atoms with van der Waals surface area (Å²) in [7, 11) is 0. The molecule has 1 nitrogen and oxygen atoms in total. The average Bonchev–Trinajstić information content (AvgIpc) is 2.81. The Morgan fingerprint density at radius 1 is 1.12 bits per heavy atom. The molecule has 1 aromatic carbocycles. The van der Waals surface area contributed by atoms with E-state index < -0.39 is 0 Å². The van der Waals surface area contributed by atoms with Crippen LogP contribution in [-0.4, -0.2) is 0 Å². The van der Waals surface area contributed by atoms with E-state index in [0.717, 1.165) is 6.42 Å². The van der Waals surface area contributed by atoms with Crippen LogP contribution >= 0.6 is 0 Å². The van der Waals surface area contributed by atoms with E-state index in [4.69, 9.17) is 5.73 Å². The summed E-state index contributed by atoms with van der Waals surface area (Å²) in [6.07, 6.45) is 10.2. The van der Waals surface area contributed by atoms with Gasteiger partial charge >= 0.3 is 0 Å². The molecule has 0 amide bonds. The number of hydrogen-bond acceptors (Lipinski definition) is 1. The van der Waals surface area contributed by atoms with Crippen LogP contribution in [0, 0.1) is 0 Å². The van der Waals surface area contributed by atoms with Gasteiger partial charge in [0.1, 0.15) is 0 Å². The summed E-state index contributed by atoms with van der Waals surface area (Å²) in [6.45, 7) is 2.25. The summed E-state index contributed by atoms with van der Waals surface area (Å²) in [4.78, 5) is 0. The molecule has 0 saturated carbocycles. The number of fused-ring (bicyclic) bond motifs is 1. The van der Waals surface area contributed by atoms with Crippen molar-refractivity contribution in [2.24, 2.45) is 5.73 Å². The highest BCUT2D eigenvalue weighted by molar-refractivity contribution is 5.36. The van der Waals surface area contributed by atoms with Gasteiger partial charge in [0.15, 0.2) is 0 Å². The SMILES string of the molecule is CCCCCCC(N)c1ccc2c(c1)CCC2. The molecule has 1 unspecified atom stereocenters. The molecule has 0 spiro atoms. The third kappa shape index (κ3) is 3.32. The molecular formula is C16H25N. The maximum Gasteiger partial charge on any atom is 0.0294 e. The average molecular weight is 231 g/mol. The van der Waals surface area contributed by atoms with Gasteiger partial charge in [0.2, 0.25) is 0 Å². The van der Waals surface area contributed by atoms with Crippen molar-refractivity contribution < 1.29 is 0 Å². The van der Waals surface area contributed by atoms with Crippen molar-refractivity contribution in [3.05, 3.63) is 34.9 Å². The Morgan fingerprint density at radius 3 is 2.76 bits per heavy atom. The maximum absolute atomic E-state index is 6.27. The monoisotopic (exact) mass is 231 g/mol. The first kappa shape index (κ1) is 12.6. The van der Waals surface area contributed by atoms with Gasteiger partial charge in [0.25, 0.3) is 0 Å². The van der Waals surface area contributed by atoms with Crippen LogP contribution in [-0.2, 0) is 12.8 Å². The zero-order valence-electron chi connectivity index (χ0n) is 11.0. The molecule has 1 aliphatic rings. The van der Waals surface area contributed by atoms with E-state index in [1.807, 2.05) is 0 Å². The first-order chi connectivity index (χ1) is 8.31. The molecule has 0 aromatic heterocycles. The molecular weight excluding hydrogens is 206 g/mol. The van der Waals surface area contributed by atoms with E-state index in [1.54, 1.807) is 11.1 Å². The first-order valence-electron chi connectivity index (χ1n) is 7.18. The molecule has 1 aliphatic carbocycles. The minimum absolute atomic E-state index is 0.248. The summed E-state index contributed by atoms with van der Waals surface area (Å²) in [5, 5.41) is 0. The van der Waals surface area contributed by atoms with Crippen LogP contribution in [0.5, 0.6) is 0 Å². The number of hydrogen-bond donors (Lipinski definition) is 1. The number of aryl methyl sites for hydroxylation is 2. The maximum atomic E-state index is 6.27. The summed E-state index contributed by atoms with van der Waals surface area (Å²) in [6, 6.07) is 7.14. The largest absolute Gasteiger partial charge is 0.324 e. The standard InChI is InChI=1S/C16H25N/c1-2-3-4-5-9-16(17)15-11-10-13-7-6-8-14(13)12-15/h10-12,16H,2-9,17H2,1H3. The van der Waals surface area contributed by atoms with E-state index in [9.17, 15) is 0 Å². The van der Waals surface area contributed by atoms with Gasteiger partial charge in [0.05, 0.1) is 0 Å². The van der Waals surface area contributed by atoms with Gasteiger partial charge in [0, 0.05) is 6.04 Å². The predicted molar refractivity (Wildman–Crippen MR) is 74.2 cm³/mol. The van der Waals surface area contributed by atoms with Gasteiger partial charge in [-0.3, -0.25) is 0 Å². The smallest absolute Gasteiger partial charge is 0.0294 e. The molecule has 0 radical (unpaired) electrons. The fourth-order valence-electron chi connectivity index (χ4n) is 2.78. The van der Waals surface area contributed by atoms with Gasteiger partial charge in [-0.25, -0.2) is 0 Å². The predicted octanol–water partition coefficient (Wildman–Crippen LogP) is 4.15. The van der Waals surface area contributed by atoms with Crippen LogP contribution in [0.4, 0.5) is 0 Å². The van der Waals surface area contributed by atoms with Crippen LogP contribution in [0.2, 0.25) is 0 Å². The lowest BCUT2D eigenvalue weighted by Gasteiger charge is -2.13. The Hall–Kier alpha value is -0.820. The minimum Gasteiger partial charge on any atom is -0.324 e. The number of nitrogens with two attached hydrogens (primary N) is 1. The Kier molecular flexibility index (Phi) is 4.61. The zero-order chi connectivity index (χ0) is 12.1.